The highest BCUT2D eigenvalue weighted by molar-refractivity contribution is 6.23. The van der Waals surface area contributed by atoms with E-state index in [-0.39, 0.29) is 29.2 Å². The number of nitrogens with zero attached hydrogens (tertiary/aromatic N) is 1. The van der Waals surface area contributed by atoms with Crippen molar-refractivity contribution in [3.63, 3.8) is 0 Å². The van der Waals surface area contributed by atoms with Crippen molar-refractivity contribution in [1.29, 1.82) is 0 Å². The van der Waals surface area contributed by atoms with Gasteiger partial charge in [0.2, 0.25) is 11.8 Å². The highest BCUT2D eigenvalue weighted by Crippen LogP contribution is 2.61. The van der Waals surface area contributed by atoms with Crippen molar-refractivity contribution >= 4 is 35.1 Å². The van der Waals surface area contributed by atoms with E-state index in [4.69, 9.17) is 4.74 Å². The van der Waals surface area contributed by atoms with E-state index in [1.54, 1.807) is 30.3 Å². The van der Waals surface area contributed by atoms with Gasteiger partial charge in [-0.1, -0.05) is 73.7 Å². The quantitative estimate of drug-likeness (QED) is 0.252. The number of ether oxygens (including phenoxy) is 1. The van der Waals surface area contributed by atoms with Crippen LogP contribution in [0.25, 0.3) is 0 Å². The summed E-state index contributed by atoms with van der Waals surface area (Å²) in [6.07, 6.45) is 0.892. The third-order valence-corrected chi connectivity index (χ3v) is 8.77. The molecule has 7 nitrogen and oxygen atoms in total. The van der Waals surface area contributed by atoms with Crippen molar-refractivity contribution in [3.8, 4) is 0 Å². The molecule has 1 fully saturated rings. The Hall–Kier alpha value is -5.04. The third kappa shape index (κ3) is 4.04. The molecule has 1 N–H and O–H groups in total. The van der Waals surface area contributed by atoms with Crippen molar-refractivity contribution in [1.82, 2.24) is 0 Å². The van der Waals surface area contributed by atoms with E-state index in [0.717, 1.165) is 34.2 Å². The monoisotopic (exact) mass is 556 g/mol. The first-order valence-electron chi connectivity index (χ1n) is 14.2. The maximum Gasteiger partial charge on any atom is 0.338 e. The first-order chi connectivity index (χ1) is 20.5. The minimum Gasteiger partial charge on any atom is -0.452 e. The van der Waals surface area contributed by atoms with Crippen LogP contribution in [-0.2, 0) is 25.5 Å². The van der Waals surface area contributed by atoms with Gasteiger partial charge >= 0.3 is 5.97 Å². The molecule has 0 saturated carbocycles. The number of amides is 3. The fraction of sp³-hybridized carbons (Fsp3) is 0.200. The van der Waals surface area contributed by atoms with Gasteiger partial charge in [-0.2, -0.15) is 0 Å². The Balaban J connectivity index is 1.11. The van der Waals surface area contributed by atoms with Crippen LogP contribution < -0.4 is 10.2 Å². The number of hydrogen-bond acceptors (Lipinski definition) is 5. The zero-order valence-electron chi connectivity index (χ0n) is 22.9. The number of carbonyl (C=O) groups is 4. The molecule has 2 atom stereocenters. The molecule has 4 aromatic rings. The summed E-state index contributed by atoms with van der Waals surface area (Å²) in [5.41, 5.74) is 6.63. The molecule has 0 radical (unpaired) electrons. The summed E-state index contributed by atoms with van der Waals surface area (Å²) in [5, 5.41) is 2.71. The molecule has 1 heterocycles. The summed E-state index contributed by atoms with van der Waals surface area (Å²) in [6, 6.07) is 29.9. The summed E-state index contributed by atoms with van der Waals surface area (Å²) in [6.45, 7) is 1.58. The summed E-state index contributed by atoms with van der Waals surface area (Å²) in [4.78, 5) is 54.5. The number of hydrogen-bond donors (Lipinski definition) is 1. The molecule has 3 amide bonds. The van der Waals surface area contributed by atoms with Crippen LogP contribution in [0.3, 0.4) is 0 Å². The number of nitrogens with one attached hydrogen (secondary N) is 1. The number of rotatable bonds is 6. The SMILES string of the molecule is CCc1ccc(NC(=O)COC(=O)c2cccc(N3C(=O)[C@@H]4C5c6ccccc6C(c6ccccc65)[C@H]4C3=O)c2)cc1. The second kappa shape index (κ2) is 10.1. The van der Waals surface area contributed by atoms with E-state index in [2.05, 4.69) is 29.6 Å². The van der Waals surface area contributed by atoms with Gasteiger partial charge in [-0.3, -0.25) is 14.4 Å². The van der Waals surface area contributed by atoms with E-state index < -0.39 is 30.3 Å². The first-order valence-corrected chi connectivity index (χ1v) is 14.2. The predicted molar refractivity (Wildman–Crippen MR) is 157 cm³/mol. The molecule has 3 aliphatic carbocycles. The largest absolute Gasteiger partial charge is 0.452 e. The standard InChI is InChI=1S/C35H28N2O5/c1-2-20-14-16-22(17-15-20)36-28(38)19-42-35(41)21-8-7-9-23(18-21)37-33(39)31-29-24-10-3-4-11-25(24)30(32(31)34(37)40)27-13-6-5-12-26(27)29/h3-18,29-32H,2,19H2,1H3,(H,36,38)/t29?,30?,31-,32-/m1/s1. The average molecular weight is 557 g/mol. The molecule has 8 rings (SSSR count). The lowest BCUT2D eigenvalue weighted by Crippen LogP contribution is -2.41. The van der Waals surface area contributed by atoms with E-state index in [9.17, 15) is 19.2 Å². The number of esters is 1. The first kappa shape index (κ1) is 25.9. The minimum absolute atomic E-state index is 0.151. The van der Waals surface area contributed by atoms with Gasteiger partial charge in [0.25, 0.3) is 5.91 Å². The van der Waals surface area contributed by atoms with Crippen LogP contribution in [0.5, 0.6) is 0 Å². The lowest BCUT2D eigenvalue weighted by molar-refractivity contribution is -0.122. The number of imide groups is 1. The molecule has 208 valence electrons. The molecule has 42 heavy (non-hydrogen) atoms. The maximum absolute atomic E-state index is 14.0. The van der Waals surface area contributed by atoms with Gasteiger partial charge in [0, 0.05) is 17.5 Å². The van der Waals surface area contributed by atoms with E-state index in [0.29, 0.717) is 11.4 Å². The Morgan fingerprint density at radius 1 is 0.738 bits per heavy atom. The zero-order chi connectivity index (χ0) is 29.0. The van der Waals surface area contributed by atoms with Crippen molar-refractivity contribution in [2.45, 2.75) is 25.2 Å². The summed E-state index contributed by atoms with van der Waals surface area (Å²) >= 11 is 0. The highest BCUT2D eigenvalue weighted by Gasteiger charge is 2.61. The molecule has 4 aromatic carbocycles. The van der Waals surface area contributed by atoms with Gasteiger partial charge in [0.05, 0.1) is 23.1 Å². The minimum atomic E-state index is -0.718. The van der Waals surface area contributed by atoms with Gasteiger partial charge in [-0.25, -0.2) is 9.69 Å². The van der Waals surface area contributed by atoms with Crippen LogP contribution in [-0.4, -0.2) is 30.3 Å². The maximum atomic E-state index is 14.0. The molecular weight excluding hydrogens is 528 g/mol. The third-order valence-electron chi connectivity index (χ3n) is 8.77. The molecule has 2 bridgehead atoms. The van der Waals surface area contributed by atoms with Crippen LogP contribution in [0.1, 0.15) is 56.9 Å². The van der Waals surface area contributed by atoms with Crippen LogP contribution in [0, 0.1) is 11.8 Å². The number of carbonyl (C=O) groups excluding carboxylic acids is 4. The Labute approximate surface area is 243 Å². The van der Waals surface area contributed by atoms with Crippen molar-refractivity contribution in [2.75, 3.05) is 16.8 Å². The van der Waals surface area contributed by atoms with Gasteiger partial charge < -0.3 is 10.1 Å². The van der Waals surface area contributed by atoms with Crippen molar-refractivity contribution in [3.05, 3.63) is 130 Å². The highest BCUT2D eigenvalue weighted by atomic mass is 16.5. The lowest BCUT2D eigenvalue weighted by atomic mass is 9.55. The van der Waals surface area contributed by atoms with Crippen LogP contribution in [0.4, 0.5) is 11.4 Å². The van der Waals surface area contributed by atoms with Crippen LogP contribution in [0.15, 0.2) is 97.1 Å². The molecular formula is C35H28N2O5. The smallest absolute Gasteiger partial charge is 0.338 e. The van der Waals surface area contributed by atoms with Crippen molar-refractivity contribution < 1.29 is 23.9 Å². The van der Waals surface area contributed by atoms with Gasteiger partial charge in [0.1, 0.15) is 0 Å². The number of benzene rings is 4. The second-order valence-electron chi connectivity index (χ2n) is 11.0. The Morgan fingerprint density at radius 2 is 1.29 bits per heavy atom. The molecule has 1 saturated heterocycles. The molecule has 4 aliphatic rings. The van der Waals surface area contributed by atoms with Gasteiger partial charge in [-0.15, -0.1) is 0 Å². The topological polar surface area (TPSA) is 92.8 Å². The van der Waals surface area contributed by atoms with E-state index >= 15 is 0 Å². The molecule has 0 aromatic heterocycles. The van der Waals surface area contributed by atoms with E-state index in [1.807, 2.05) is 43.3 Å². The summed E-state index contributed by atoms with van der Waals surface area (Å²) in [7, 11) is 0. The predicted octanol–water partition coefficient (Wildman–Crippen LogP) is 5.44. The second-order valence-corrected chi connectivity index (χ2v) is 11.0. The fourth-order valence-corrected chi connectivity index (χ4v) is 6.94. The average Bonchev–Trinajstić information content (AvgIpc) is 3.30. The normalized spacial score (nSPS) is 21.4. The fourth-order valence-electron chi connectivity index (χ4n) is 6.94. The molecule has 0 unspecified atom stereocenters. The van der Waals surface area contributed by atoms with Crippen LogP contribution in [0.2, 0.25) is 0 Å². The molecule has 0 spiro atoms. The molecule has 1 aliphatic heterocycles. The number of anilines is 2. The van der Waals surface area contributed by atoms with E-state index in [1.165, 1.54) is 11.0 Å². The van der Waals surface area contributed by atoms with Crippen LogP contribution >= 0.6 is 0 Å². The lowest BCUT2D eigenvalue weighted by Gasteiger charge is -2.45. The van der Waals surface area contributed by atoms with Gasteiger partial charge in [-0.05, 0) is 64.6 Å². The van der Waals surface area contributed by atoms with Gasteiger partial charge in [0.15, 0.2) is 6.61 Å². The Kier molecular flexibility index (Phi) is 6.23. The van der Waals surface area contributed by atoms with Crippen molar-refractivity contribution in [2.24, 2.45) is 11.8 Å². The summed E-state index contributed by atoms with van der Waals surface area (Å²) < 4.78 is 5.26. The summed E-state index contributed by atoms with van der Waals surface area (Å²) in [5.74, 6) is -3.16. The Bertz CT molecular complexity index is 1650. The Morgan fingerprint density at radius 3 is 1.81 bits per heavy atom. The zero-order valence-corrected chi connectivity index (χ0v) is 22.9. The molecule has 7 heteroatoms. The number of aryl methyl sites for hydroxylation is 1.